The molecule has 1 aromatic rings. The molecule has 0 bridgehead atoms. The smallest absolute Gasteiger partial charge is 0.213 e. The van der Waals surface area contributed by atoms with Gasteiger partial charge in [-0.05, 0) is 38.8 Å². The van der Waals surface area contributed by atoms with Crippen molar-refractivity contribution in [1.29, 1.82) is 0 Å². The van der Waals surface area contributed by atoms with Crippen molar-refractivity contribution < 1.29 is 8.42 Å². The van der Waals surface area contributed by atoms with Gasteiger partial charge in [-0.25, -0.2) is 12.7 Å². The summed E-state index contributed by atoms with van der Waals surface area (Å²) in [4.78, 5) is 6.56. The first-order valence-electron chi connectivity index (χ1n) is 9.63. The Hall–Kier alpha value is -1.80. The van der Waals surface area contributed by atoms with Gasteiger partial charge >= 0.3 is 0 Å². The highest BCUT2D eigenvalue weighted by Crippen LogP contribution is 2.12. The van der Waals surface area contributed by atoms with Gasteiger partial charge in [-0.2, -0.15) is 0 Å². The third-order valence-corrected chi connectivity index (χ3v) is 6.27. The van der Waals surface area contributed by atoms with Crippen LogP contribution in [0, 0.1) is 0 Å². The Labute approximate surface area is 164 Å². The van der Waals surface area contributed by atoms with Crippen LogP contribution in [0.15, 0.2) is 35.3 Å². The average Bonchev–Trinajstić information content (AvgIpc) is 2.69. The zero-order valence-corrected chi connectivity index (χ0v) is 17.9. The number of nitrogens with one attached hydrogen (secondary N) is 2. The van der Waals surface area contributed by atoms with Crippen LogP contribution < -0.4 is 15.5 Å². The van der Waals surface area contributed by atoms with Crippen molar-refractivity contribution in [2.75, 3.05) is 57.5 Å². The van der Waals surface area contributed by atoms with E-state index in [-0.39, 0.29) is 5.75 Å². The molecule has 0 atom stereocenters. The third kappa shape index (κ3) is 8.62. The number of hydrogen-bond acceptors (Lipinski definition) is 4. The van der Waals surface area contributed by atoms with Crippen LogP contribution >= 0.6 is 0 Å². The SMILES string of the molecule is CCN(CCCNC(=NC)NCCCN(C)S(=O)(=O)CC)c1ccccc1. The van der Waals surface area contributed by atoms with E-state index in [1.54, 1.807) is 21.0 Å². The van der Waals surface area contributed by atoms with Gasteiger partial charge in [0.1, 0.15) is 0 Å². The van der Waals surface area contributed by atoms with E-state index in [2.05, 4.69) is 51.7 Å². The summed E-state index contributed by atoms with van der Waals surface area (Å²) in [6.07, 6.45) is 1.73. The Kier molecular flexibility index (Phi) is 10.8. The van der Waals surface area contributed by atoms with E-state index in [1.165, 1.54) is 9.99 Å². The van der Waals surface area contributed by atoms with Crippen LogP contribution in [0.4, 0.5) is 5.69 Å². The molecule has 2 N–H and O–H groups in total. The van der Waals surface area contributed by atoms with Gasteiger partial charge in [0.15, 0.2) is 5.96 Å². The molecule has 0 unspecified atom stereocenters. The molecule has 0 fully saturated rings. The molecule has 0 saturated carbocycles. The number of hydrogen-bond donors (Lipinski definition) is 2. The summed E-state index contributed by atoms with van der Waals surface area (Å²) in [6.45, 7) is 7.78. The van der Waals surface area contributed by atoms with Crippen LogP contribution in [0.2, 0.25) is 0 Å². The molecule has 0 spiro atoms. The van der Waals surface area contributed by atoms with Crippen molar-refractivity contribution in [1.82, 2.24) is 14.9 Å². The van der Waals surface area contributed by atoms with Gasteiger partial charge in [-0.1, -0.05) is 18.2 Å². The molecule has 1 aromatic carbocycles. The number of anilines is 1. The second-order valence-electron chi connectivity index (χ2n) is 6.27. The summed E-state index contributed by atoms with van der Waals surface area (Å²) in [5, 5.41) is 6.54. The fourth-order valence-electron chi connectivity index (χ4n) is 2.67. The maximum atomic E-state index is 11.7. The minimum Gasteiger partial charge on any atom is -0.372 e. The van der Waals surface area contributed by atoms with Gasteiger partial charge < -0.3 is 15.5 Å². The van der Waals surface area contributed by atoms with E-state index in [0.29, 0.717) is 13.1 Å². The average molecular weight is 398 g/mol. The summed E-state index contributed by atoms with van der Waals surface area (Å²) >= 11 is 0. The number of para-hydroxylation sites is 1. The zero-order chi connectivity index (χ0) is 20.1. The first-order valence-corrected chi connectivity index (χ1v) is 11.2. The zero-order valence-electron chi connectivity index (χ0n) is 17.1. The van der Waals surface area contributed by atoms with Crippen LogP contribution in [0.25, 0.3) is 0 Å². The molecule has 154 valence electrons. The Morgan fingerprint density at radius 2 is 1.63 bits per heavy atom. The highest BCUT2D eigenvalue weighted by Gasteiger charge is 2.13. The molecule has 0 saturated heterocycles. The van der Waals surface area contributed by atoms with Gasteiger partial charge in [0.25, 0.3) is 0 Å². The third-order valence-electron chi connectivity index (χ3n) is 4.41. The molecular formula is C19H35N5O2S. The molecule has 8 heteroatoms. The Bertz CT molecular complexity index is 649. The van der Waals surface area contributed by atoms with Crippen LogP contribution in [-0.2, 0) is 10.0 Å². The van der Waals surface area contributed by atoms with E-state index in [4.69, 9.17) is 0 Å². The number of benzene rings is 1. The van der Waals surface area contributed by atoms with Crippen LogP contribution in [0.1, 0.15) is 26.7 Å². The summed E-state index contributed by atoms with van der Waals surface area (Å²) in [5.74, 6) is 0.886. The summed E-state index contributed by atoms with van der Waals surface area (Å²) in [7, 11) is 0.264. The van der Waals surface area contributed by atoms with Gasteiger partial charge in [-0.3, -0.25) is 4.99 Å². The number of nitrogens with zero attached hydrogens (tertiary/aromatic N) is 3. The van der Waals surface area contributed by atoms with Gasteiger partial charge in [-0.15, -0.1) is 0 Å². The van der Waals surface area contributed by atoms with Gasteiger partial charge in [0.05, 0.1) is 5.75 Å². The van der Waals surface area contributed by atoms with Crippen molar-refractivity contribution in [3.63, 3.8) is 0 Å². The van der Waals surface area contributed by atoms with Crippen LogP contribution in [0.3, 0.4) is 0 Å². The van der Waals surface area contributed by atoms with Crippen LogP contribution in [0.5, 0.6) is 0 Å². The Morgan fingerprint density at radius 1 is 1.04 bits per heavy atom. The highest BCUT2D eigenvalue weighted by molar-refractivity contribution is 7.89. The molecule has 0 aliphatic carbocycles. The lowest BCUT2D eigenvalue weighted by Gasteiger charge is -2.23. The van der Waals surface area contributed by atoms with E-state index in [9.17, 15) is 8.42 Å². The predicted octanol–water partition coefficient (Wildman–Crippen LogP) is 1.74. The number of aliphatic imine (C=N–C) groups is 1. The lowest BCUT2D eigenvalue weighted by molar-refractivity contribution is 0.461. The number of sulfonamides is 1. The van der Waals surface area contributed by atoms with Crippen molar-refractivity contribution in [2.24, 2.45) is 4.99 Å². The normalized spacial score (nSPS) is 12.3. The van der Waals surface area contributed by atoms with E-state index >= 15 is 0 Å². The molecule has 27 heavy (non-hydrogen) atoms. The van der Waals surface area contributed by atoms with Gasteiger partial charge in [0, 0.05) is 52.5 Å². The molecule has 0 aliphatic heterocycles. The fraction of sp³-hybridized carbons (Fsp3) is 0.632. The second-order valence-corrected chi connectivity index (χ2v) is 8.63. The molecule has 0 radical (unpaired) electrons. The largest absolute Gasteiger partial charge is 0.372 e. The molecule has 1 rings (SSSR count). The van der Waals surface area contributed by atoms with Gasteiger partial charge in [0.2, 0.25) is 10.0 Å². The number of guanidine groups is 1. The summed E-state index contributed by atoms with van der Waals surface area (Å²) in [5.41, 5.74) is 1.24. The second kappa shape index (κ2) is 12.6. The highest BCUT2D eigenvalue weighted by atomic mass is 32.2. The number of rotatable bonds is 12. The van der Waals surface area contributed by atoms with Crippen molar-refractivity contribution >= 4 is 21.7 Å². The quantitative estimate of drug-likeness (QED) is 0.319. The molecule has 0 aliphatic rings. The standard InChI is InChI=1S/C19H35N5O2S/c1-5-24(18-12-8-7-9-13-18)17-11-15-22-19(20-3)21-14-10-16-23(4)27(25,26)6-2/h7-9,12-13H,5-6,10-11,14-17H2,1-4H3,(H2,20,21,22). The van der Waals surface area contributed by atoms with Crippen LogP contribution in [-0.4, -0.2) is 71.3 Å². The predicted molar refractivity (Wildman–Crippen MR) is 115 cm³/mol. The summed E-state index contributed by atoms with van der Waals surface area (Å²) < 4.78 is 24.8. The monoisotopic (exact) mass is 397 g/mol. The fourth-order valence-corrected chi connectivity index (χ4v) is 3.52. The topological polar surface area (TPSA) is 77.0 Å². The van der Waals surface area contributed by atoms with Crippen molar-refractivity contribution in [3.05, 3.63) is 30.3 Å². The Morgan fingerprint density at radius 3 is 2.15 bits per heavy atom. The van der Waals surface area contributed by atoms with E-state index < -0.39 is 10.0 Å². The lowest BCUT2D eigenvalue weighted by atomic mass is 10.2. The van der Waals surface area contributed by atoms with E-state index in [1.807, 2.05) is 6.07 Å². The van der Waals surface area contributed by atoms with Crippen molar-refractivity contribution in [3.8, 4) is 0 Å². The lowest BCUT2D eigenvalue weighted by Crippen LogP contribution is -2.40. The first kappa shape index (κ1) is 23.2. The minimum absolute atomic E-state index is 0.137. The molecule has 7 nitrogen and oxygen atoms in total. The van der Waals surface area contributed by atoms with Crippen molar-refractivity contribution in [2.45, 2.75) is 26.7 Å². The maximum Gasteiger partial charge on any atom is 0.213 e. The molecule has 0 aromatic heterocycles. The molecule has 0 heterocycles. The molecule has 0 amide bonds. The minimum atomic E-state index is -3.10. The molecular weight excluding hydrogens is 362 g/mol. The van der Waals surface area contributed by atoms with E-state index in [0.717, 1.165) is 38.4 Å². The summed E-state index contributed by atoms with van der Waals surface area (Å²) in [6, 6.07) is 10.4. The first-order chi connectivity index (χ1) is 12.9. The Balaban J connectivity index is 2.25. The maximum absolute atomic E-state index is 11.7.